The number of aromatic amines is 1. The number of piperidine rings is 1. The van der Waals surface area contributed by atoms with E-state index in [-0.39, 0.29) is 42.2 Å². The zero-order valence-corrected chi connectivity index (χ0v) is 22.7. The largest absolute Gasteiger partial charge is 0.497 e. The number of methoxy groups -OCH3 is 1. The molecule has 8 heteroatoms. The normalized spacial score (nSPS) is 21.0. The molecule has 1 spiro atoms. The first-order valence-corrected chi connectivity index (χ1v) is 14.1. The number of hydrogen-bond acceptors (Lipinski definition) is 5. The molecule has 206 valence electrons. The third-order valence-electron chi connectivity index (χ3n) is 9.04. The maximum absolute atomic E-state index is 14.8. The number of hydrogen-bond donors (Lipinski definition) is 1. The molecule has 2 aromatic carbocycles. The van der Waals surface area contributed by atoms with Gasteiger partial charge in [0.25, 0.3) is 0 Å². The summed E-state index contributed by atoms with van der Waals surface area (Å²) >= 11 is 0. The zero-order chi connectivity index (χ0) is 27.1. The average Bonchev–Trinajstić information content (AvgIpc) is 3.29. The number of rotatable bonds is 6. The molecule has 0 bridgehead atoms. The van der Waals surface area contributed by atoms with Gasteiger partial charge in [-0.1, -0.05) is 24.6 Å². The van der Waals surface area contributed by atoms with Crippen LogP contribution in [0.25, 0.3) is 10.9 Å². The van der Waals surface area contributed by atoms with Gasteiger partial charge in [0.2, 0.25) is 5.91 Å². The first-order chi connectivity index (χ1) is 18.9. The van der Waals surface area contributed by atoms with E-state index in [1.165, 1.54) is 6.07 Å². The summed E-state index contributed by atoms with van der Waals surface area (Å²) in [5.74, 6) is 0.547. The number of likely N-dealkylation sites (tertiary alicyclic amines) is 1. The van der Waals surface area contributed by atoms with Crippen molar-refractivity contribution < 1.29 is 23.5 Å². The standard InChI is InChI=1S/C31H36FN3O4/c1-3-39-30(37)28-27-26(23-12-11-22(38-2)17-25(23)33-27)31(19-35(28)18-21-7-4-5-10-24(21)32)13-15-34(16-14-31)29(36)20-8-6-9-20/h4-5,7,10-12,17,20,28,33H,3,6,8-9,13-16,18-19H2,1-2H3. The van der Waals surface area contributed by atoms with E-state index in [0.29, 0.717) is 25.2 Å². The SMILES string of the molecule is CCOC(=O)C1c2[nH]c3cc(OC)ccc3c2C2(CCN(C(=O)C3CCC3)CC2)CN1Cc1ccccc1F. The van der Waals surface area contributed by atoms with Gasteiger partial charge >= 0.3 is 5.97 Å². The quantitative estimate of drug-likeness (QED) is 0.447. The molecule has 39 heavy (non-hydrogen) atoms. The van der Waals surface area contributed by atoms with E-state index in [1.54, 1.807) is 26.2 Å². The van der Waals surface area contributed by atoms with E-state index in [1.807, 2.05) is 23.1 Å². The monoisotopic (exact) mass is 533 g/mol. The molecule has 1 N–H and O–H groups in total. The number of fused-ring (bicyclic) bond motifs is 4. The number of esters is 1. The highest BCUT2D eigenvalue weighted by atomic mass is 19.1. The van der Waals surface area contributed by atoms with E-state index >= 15 is 0 Å². The lowest BCUT2D eigenvalue weighted by molar-refractivity contribution is -0.151. The van der Waals surface area contributed by atoms with Crippen molar-refractivity contribution in [3.63, 3.8) is 0 Å². The third kappa shape index (κ3) is 4.48. The minimum atomic E-state index is -0.696. The molecule has 1 saturated heterocycles. The van der Waals surface area contributed by atoms with Gasteiger partial charge in [-0.2, -0.15) is 0 Å². The second-order valence-electron chi connectivity index (χ2n) is 11.2. The van der Waals surface area contributed by atoms with Crippen LogP contribution in [-0.2, 0) is 26.3 Å². The topological polar surface area (TPSA) is 74.9 Å². The highest BCUT2D eigenvalue weighted by Crippen LogP contribution is 2.50. The molecule has 1 aromatic heterocycles. The summed E-state index contributed by atoms with van der Waals surface area (Å²) in [5.41, 5.74) is 3.07. The Labute approximate surface area is 228 Å². The second-order valence-corrected chi connectivity index (χ2v) is 11.2. The van der Waals surface area contributed by atoms with Crippen molar-refractivity contribution >= 4 is 22.8 Å². The summed E-state index contributed by atoms with van der Waals surface area (Å²) in [7, 11) is 1.64. The first kappa shape index (κ1) is 25.9. The van der Waals surface area contributed by atoms with Crippen LogP contribution in [0.5, 0.6) is 5.75 Å². The fourth-order valence-corrected chi connectivity index (χ4v) is 6.80. The lowest BCUT2D eigenvalue weighted by atomic mass is 9.68. The van der Waals surface area contributed by atoms with Crippen molar-refractivity contribution in [2.75, 3.05) is 33.4 Å². The van der Waals surface area contributed by atoms with Crippen LogP contribution in [0.15, 0.2) is 42.5 Å². The number of nitrogens with zero attached hydrogens (tertiary/aromatic N) is 2. The molecule has 2 fully saturated rings. The van der Waals surface area contributed by atoms with Crippen LogP contribution >= 0.6 is 0 Å². The Kier molecular flexibility index (Phi) is 6.83. The third-order valence-corrected chi connectivity index (χ3v) is 9.04. The maximum atomic E-state index is 14.8. The van der Waals surface area contributed by atoms with E-state index in [2.05, 4.69) is 16.0 Å². The van der Waals surface area contributed by atoms with Gasteiger partial charge in [-0.15, -0.1) is 0 Å². The molecule has 1 amide bonds. The summed E-state index contributed by atoms with van der Waals surface area (Å²) in [6.45, 7) is 4.26. The van der Waals surface area contributed by atoms with Crippen molar-refractivity contribution in [3.8, 4) is 5.75 Å². The highest BCUT2D eigenvalue weighted by Gasteiger charge is 2.50. The number of H-pyrrole nitrogens is 1. The molecule has 1 atom stereocenters. The summed E-state index contributed by atoms with van der Waals surface area (Å²) in [4.78, 5) is 34.3. The van der Waals surface area contributed by atoms with Gasteiger partial charge < -0.3 is 19.4 Å². The number of benzene rings is 2. The molecule has 1 unspecified atom stereocenters. The Morgan fingerprint density at radius 3 is 2.56 bits per heavy atom. The van der Waals surface area contributed by atoms with Crippen LogP contribution in [0, 0.1) is 11.7 Å². The number of amides is 1. The Bertz CT molecular complexity index is 1390. The Morgan fingerprint density at radius 1 is 1.13 bits per heavy atom. The van der Waals surface area contributed by atoms with Crippen LogP contribution in [0.2, 0.25) is 0 Å². The zero-order valence-electron chi connectivity index (χ0n) is 22.7. The average molecular weight is 534 g/mol. The summed E-state index contributed by atoms with van der Waals surface area (Å²) < 4.78 is 25.9. The Hall–Kier alpha value is -3.39. The van der Waals surface area contributed by atoms with Gasteiger partial charge in [0.05, 0.1) is 13.7 Å². The van der Waals surface area contributed by atoms with E-state index in [0.717, 1.165) is 60.0 Å². The minimum Gasteiger partial charge on any atom is -0.497 e. The predicted octanol–water partition coefficient (Wildman–Crippen LogP) is 5.10. The predicted molar refractivity (Wildman–Crippen MR) is 146 cm³/mol. The number of carbonyl (C=O) groups is 2. The Balaban J connectivity index is 1.44. The van der Waals surface area contributed by atoms with Gasteiger partial charge in [0.1, 0.15) is 17.6 Å². The van der Waals surface area contributed by atoms with Gasteiger partial charge in [-0.05, 0) is 56.4 Å². The van der Waals surface area contributed by atoms with Crippen molar-refractivity contribution in [1.29, 1.82) is 0 Å². The smallest absolute Gasteiger partial charge is 0.329 e. The molecule has 3 heterocycles. The number of halogens is 1. The summed E-state index contributed by atoms with van der Waals surface area (Å²) in [6, 6.07) is 12.0. The lowest BCUT2D eigenvalue weighted by Crippen LogP contribution is -2.55. The van der Waals surface area contributed by atoms with Gasteiger partial charge in [-0.25, -0.2) is 9.18 Å². The first-order valence-electron chi connectivity index (χ1n) is 14.1. The fourth-order valence-electron chi connectivity index (χ4n) is 6.80. The molecule has 3 aliphatic rings. The minimum absolute atomic E-state index is 0.173. The maximum Gasteiger partial charge on any atom is 0.329 e. The molecular weight excluding hydrogens is 497 g/mol. The lowest BCUT2D eigenvalue weighted by Gasteiger charge is -2.50. The van der Waals surface area contributed by atoms with Crippen LogP contribution < -0.4 is 4.74 Å². The summed E-state index contributed by atoms with van der Waals surface area (Å²) in [5, 5.41) is 1.06. The van der Waals surface area contributed by atoms with Crippen LogP contribution in [0.3, 0.4) is 0 Å². The van der Waals surface area contributed by atoms with Crippen LogP contribution in [0.1, 0.15) is 61.9 Å². The number of nitrogens with one attached hydrogen (secondary N) is 1. The van der Waals surface area contributed by atoms with Crippen molar-refractivity contribution in [3.05, 3.63) is 65.1 Å². The summed E-state index contributed by atoms with van der Waals surface area (Å²) in [6.07, 6.45) is 4.68. The highest BCUT2D eigenvalue weighted by molar-refractivity contribution is 5.91. The molecule has 6 rings (SSSR count). The molecule has 7 nitrogen and oxygen atoms in total. The molecule has 2 aliphatic heterocycles. The fraction of sp³-hybridized carbons (Fsp3) is 0.484. The molecular formula is C31H36FN3O4. The van der Waals surface area contributed by atoms with E-state index < -0.39 is 6.04 Å². The molecule has 1 aliphatic carbocycles. The van der Waals surface area contributed by atoms with Crippen LogP contribution in [-0.4, -0.2) is 60.0 Å². The van der Waals surface area contributed by atoms with Crippen molar-refractivity contribution in [2.45, 2.75) is 57.0 Å². The Morgan fingerprint density at radius 2 is 1.90 bits per heavy atom. The number of carbonyl (C=O) groups excluding carboxylic acids is 2. The van der Waals surface area contributed by atoms with E-state index in [4.69, 9.17) is 9.47 Å². The number of ether oxygens (including phenoxy) is 2. The van der Waals surface area contributed by atoms with Gasteiger partial charge in [0, 0.05) is 65.7 Å². The molecule has 3 aromatic rings. The second kappa shape index (κ2) is 10.3. The molecule has 0 radical (unpaired) electrons. The van der Waals surface area contributed by atoms with Gasteiger partial charge in [0.15, 0.2) is 0 Å². The van der Waals surface area contributed by atoms with E-state index in [9.17, 15) is 14.0 Å². The van der Waals surface area contributed by atoms with Crippen molar-refractivity contribution in [2.24, 2.45) is 5.92 Å². The van der Waals surface area contributed by atoms with Crippen molar-refractivity contribution in [1.82, 2.24) is 14.8 Å². The van der Waals surface area contributed by atoms with Crippen LogP contribution in [0.4, 0.5) is 4.39 Å². The van der Waals surface area contributed by atoms with Gasteiger partial charge in [-0.3, -0.25) is 9.69 Å². The molecule has 1 saturated carbocycles. The number of aromatic nitrogens is 1.